The molecule has 0 aromatic heterocycles. The summed E-state index contributed by atoms with van der Waals surface area (Å²) in [4.78, 5) is 11.8. The van der Waals surface area contributed by atoms with Gasteiger partial charge in [-0.1, -0.05) is 18.2 Å². The molecule has 0 bridgehead atoms. The van der Waals surface area contributed by atoms with Gasteiger partial charge in [0.25, 0.3) is 0 Å². The second-order valence-electron chi connectivity index (χ2n) is 5.40. The molecule has 0 aliphatic rings. The third-order valence-electron chi connectivity index (χ3n) is 3.49. The van der Waals surface area contributed by atoms with Crippen LogP contribution in [0.2, 0.25) is 0 Å². The number of hydrogen-bond acceptors (Lipinski definition) is 3. The van der Waals surface area contributed by atoms with E-state index < -0.39 is 11.7 Å². The van der Waals surface area contributed by atoms with E-state index in [-0.39, 0.29) is 18.0 Å². The van der Waals surface area contributed by atoms with Crippen LogP contribution in [0.5, 0.6) is 5.75 Å². The van der Waals surface area contributed by atoms with Crippen molar-refractivity contribution in [3.8, 4) is 5.75 Å². The number of amides is 1. The third-order valence-corrected chi connectivity index (χ3v) is 3.49. The van der Waals surface area contributed by atoms with Gasteiger partial charge in [-0.3, -0.25) is 4.79 Å². The second-order valence-corrected chi connectivity index (χ2v) is 5.40. The summed E-state index contributed by atoms with van der Waals surface area (Å²) in [5.41, 5.74) is 0.386. The summed E-state index contributed by atoms with van der Waals surface area (Å²) in [5.74, 6) is 0.422. The Kier molecular flexibility index (Phi) is 6.41. The van der Waals surface area contributed by atoms with Crippen LogP contribution in [0, 0.1) is 0 Å². The molecule has 0 fully saturated rings. The lowest BCUT2D eigenvalue weighted by Crippen LogP contribution is -2.21. The Morgan fingerprint density at radius 1 is 1.12 bits per heavy atom. The quantitative estimate of drug-likeness (QED) is 0.745. The Morgan fingerprint density at radius 2 is 1.84 bits per heavy atom. The third kappa shape index (κ3) is 6.11. The average molecular weight is 352 g/mol. The smallest absolute Gasteiger partial charge is 0.416 e. The van der Waals surface area contributed by atoms with E-state index in [1.165, 1.54) is 12.1 Å². The van der Waals surface area contributed by atoms with Crippen LogP contribution in [0.4, 0.5) is 18.9 Å². The fourth-order valence-corrected chi connectivity index (χ4v) is 2.17. The van der Waals surface area contributed by atoms with Crippen LogP contribution >= 0.6 is 0 Å². The summed E-state index contributed by atoms with van der Waals surface area (Å²) in [6, 6.07) is 12.1. The Morgan fingerprint density at radius 3 is 2.48 bits per heavy atom. The normalized spacial score (nSPS) is 11.2. The number of ether oxygens (including phenoxy) is 1. The molecule has 25 heavy (non-hydrogen) atoms. The lowest BCUT2D eigenvalue weighted by atomic mass is 10.2. The van der Waals surface area contributed by atoms with E-state index in [1.54, 1.807) is 7.11 Å². The van der Waals surface area contributed by atoms with Gasteiger partial charge in [0, 0.05) is 25.2 Å². The second kappa shape index (κ2) is 8.53. The molecule has 0 aliphatic carbocycles. The van der Waals surface area contributed by atoms with Crippen LogP contribution in [0.3, 0.4) is 0 Å². The summed E-state index contributed by atoms with van der Waals surface area (Å²) in [5, 5.41) is 5.58. The van der Waals surface area contributed by atoms with Crippen molar-refractivity contribution in [2.24, 2.45) is 0 Å². The summed E-state index contributed by atoms with van der Waals surface area (Å²) in [6.07, 6.45) is -4.27. The van der Waals surface area contributed by atoms with Crippen molar-refractivity contribution in [2.75, 3.05) is 19.0 Å². The van der Waals surface area contributed by atoms with Gasteiger partial charge in [-0.05, 0) is 35.9 Å². The first kappa shape index (κ1) is 18.8. The first-order valence-electron chi connectivity index (χ1n) is 7.69. The van der Waals surface area contributed by atoms with Crippen molar-refractivity contribution in [1.82, 2.24) is 5.32 Å². The zero-order valence-corrected chi connectivity index (χ0v) is 13.7. The van der Waals surface area contributed by atoms with Gasteiger partial charge < -0.3 is 15.4 Å². The number of carbonyl (C=O) groups is 1. The van der Waals surface area contributed by atoms with Gasteiger partial charge in [0.2, 0.25) is 5.91 Å². The lowest BCUT2D eigenvalue weighted by molar-refractivity contribution is -0.137. The molecular weight excluding hydrogens is 333 g/mol. The van der Waals surface area contributed by atoms with Crippen LogP contribution in [0.1, 0.15) is 17.5 Å². The summed E-state index contributed by atoms with van der Waals surface area (Å²) < 4.78 is 43.0. The molecule has 1 amide bonds. The summed E-state index contributed by atoms with van der Waals surface area (Å²) in [7, 11) is 1.59. The monoisotopic (exact) mass is 352 g/mol. The fourth-order valence-electron chi connectivity index (χ4n) is 2.17. The molecule has 7 heteroatoms. The number of hydrogen-bond donors (Lipinski definition) is 2. The van der Waals surface area contributed by atoms with Crippen molar-refractivity contribution < 1.29 is 22.7 Å². The molecule has 0 spiro atoms. The Balaban J connectivity index is 1.75. The number of methoxy groups -OCH3 is 1. The molecule has 0 radical (unpaired) electrons. The van der Waals surface area contributed by atoms with Crippen LogP contribution in [0.15, 0.2) is 48.5 Å². The lowest BCUT2D eigenvalue weighted by Gasteiger charge is -2.10. The molecule has 0 saturated heterocycles. The molecule has 4 nitrogen and oxygen atoms in total. The minimum atomic E-state index is -4.43. The maximum absolute atomic E-state index is 12.6. The largest absolute Gasteiger partial charge is 0.497 e. The highest BCUT2D eigenvalue weighted by Gasteiger charge is 2.30. The molecule has 0 aliphatic heterocycles. The molecule has 2 aromatic carbocycles. The Bertz CT molecular complexity index is 700. The van der Waals surface area contributed by atoms with Gasteiger partial charge >= 0.3 is 6.18 Å². The predicted octanol–water partition coefficient (Wildman–Crippen LogP) is 3.83. The molecular formula is C18H19F3N2O2. The van der Waals surface area contributed by atoms with Crippen molar-refractivity contribution in [3.05, 3.63) is 59.7 Å². The maximum atomic E-state index is 12.6. The fraction of sp³-hybridized carbons (Fsp3) is 0.278. The minimum absolute atomic E-state index is 0.134. The highest BCUT2D eigenvalue weighted by atomic mass is 19.4. The van der Waals surface area contributed by atoms with E-state index in [4.69, 9.17) is 4.74 Å². The van der Waals surface area contributed by atoms with E-state index >= 15 is 0 Å². The SMILES string of the molecule is COc1ccc(CNCCC(=O)Nc2cccc(C(F)(F)F)c2)cc1. The van der Waals surface area contributed by atoms with E-state index in [2.05, 4.69) is 10.6 Å². The topological polar surface area (TPSA) is 50.4 Å². The van der Waals surface area contributed by atoms with Gasteiger partial charge in [0.05, 0.1) is 12.7 Å². The summed E-state index contributed by atoms with van der Waals surface area (Å²) >= 11 is 0. The molecule has 2 rings (SSSR count). The van der Waals surface area contributed by atoms with Crippen LogP contribution in [-0.2, 0) is 17.5 Å². The number of nitrogens with one attached hydrogen (secondary N) is 2. The number of rotatable bonds is 7. The van der Waals surface area contributed by atoms with Gasteiger partial charge in [-0.15, -0.1) is 0 Å². The molecule has 2 N–H and O–H groups in total. The summed E-state index contributed by atoms with van der Waals surface area (Å²) in [6.45, 7) is 0.998. The van der Waals surface area contributed by atoms with Crippen LogP contribution in [0.25, 0.3) is 0 Å². The zero-order chi connectivity index (χ0) is 18.3. The molecule has 0 unspecified atom stereocenters. The van der Waals surface area contributed by atoms with Crippen molar-refractivity contribution in [1.29, 1.82) is 0 Å². The van der Waals surface area contributed by atoms with E-state index in [9.17, 15) is 18.0 Å². The van der Waals surface area contributed by atoms with Crippen molar-refractivity contribution in [2.45, 2.75) is 19.1 Å². The van der Waals surface area contributed by atoms with Gasteiger partial charge in [-0.25, -0.2) is 0 Å². The number of benzene rings is 2. The van der Waals surface area contributed by atoms with Crippen LogP contribution < -0.4 is 15.4 Å². The van der Waals surface area contributed by atoms with Gasteiger partial charge in [-0.2, -0.15) is 13.2 Å². The number of carbonyl (C=O) groups excluding carboxylic acids is 1. The van der Waals surface area contributed by atoms with E-state index in [0.717, 1.165) is 23.4 Å². The Labute approximate surface area is 144 Å². The van der Waals surface area contributed by atoms with E-state index in [1.807, 2.05) is 24.3 Å². The van der Waals surface area contributed by atoms with E-state index in [0.29, 0.717) is 13.1 Å². The van der Waals surface area contributed by atoms with Crippen LogP contribution in [-0.4, -0.2) is 19.6 Å². The highest BCUT2D eigenvalue weighted by molar-refractivity contribution is 5.90. The van der Waals surface area contributed by atoms with Gasteiger partial charge in [0.1, 0.15) is 5.75 Å². The zero-order valence-electron chi connectivity index (χ0n) is 13.7. The highest BCUT2D eigenvalue weighted by Crippen LogP contribution is 2.30. The number of alkyl halides is 3. The molecule has 134 valence electrons. The standard InChI is InChI=1S/C18H19F3N2O2/c1-25-16-7-5-13(6-8-16)12-22-10-9-17(24)23-15-4-2-3-14(11-15)18(19,20)21/h2-8,11,22H,9-10,12H2,1H3,(H,23,24). The number of anilines is 1. The first-order chi connectivity index (χ1) is 11.9. The van der Waals surface area contributed by atoms with Gasteiger partial charge in [0.15, 0.2) is 0 Å². The van der Waals surface area contributed by atoms with Crippen molar-refractivity contribution in [3.63, 3.8) is 0 Å². The maximum Gasteiger partial charge on any atom is 0.416 e. The molecule has 2 aromatic rings. The Hall–Kier alpha value is -2.54. The number of halogens is 3. The average Bonchev–Trinajstić information content (AvgIpc) is 2.59. The first-order valence-corrected chi connectivity index (χ1v) is 7.69. The predicted molar refractivity (Wildman–Crippen MR) is 89.4 cm³/mol. The molecule has 0 saturated carbocycles. The minimum Gasteiger partial charge on any atom is -0.497 e. The molecule has 0 atom stereocenters. The van der Waals surface area contributed by atoms with Crippen molar-refractivity contribution >= 4 is 11.6 Å². The molecule has 0 heterocycles.